The van der Waals surface area contributed by atoms with Gasteiger partial charge in [0.2, 0.25) is 0 Å². The number of rotatable bonds is 4. The van der Waals surface area contributed by atoms with E-state index in [9.17, 15) is 4.79 Å². The molecule has 188 valence electrons. The van der Waals surface area contributed by atoms with Crippen molar-refractivity contribution in [3.8, 4) is 11.4 Å². The largest absolute Gasteiger partial charge is 0.339 e. The molecule has 2 heterocycles. The monoisotopic (exact) mass is 529 g/mol. The third-order valence-corrected chi connectivity index (χ3v) is 7.29. The summed E-state index contributed by atoms with van der Waals surface area (Å²) in [5.74, 6) is 0.960. The minimum absolute atomic E-state index is 0.123. The molecule has 1 N–H and O–H groups in total. The Hall–Kier alpha value is -3.32. The molecule has 0 saturated carbocycles. The molecule has 0 spiro atoms. The van der Waals surface area contributed by atoms with Crippen LogP contribution in [-0.4, -0.2) is 41.0 Å². The van der Waals surface area contributed by atoms with Gasteiger partial charge in [0.05, 0.1) is 18.1 Å². The summed E-state index contributed by atoms with van der Waals surface area (Å²) in [6, 6.07) is 27.8. The number of imidazole rings is 1. The lowest BCUT2D eigenvalue weighted by molar-refractivity contribution is 0.0724. The fourth-order valence-corrected chi connectivity index (χ4v) is 5.13. The molecular weight excluding hydrogens is 502 g/mol. The molecule has 1 fully saturated rings. The first-order chi connectivity index (χ1) is 18.1. The number of piperidine rings is 1. The van der Waals surface area contributed by atoms with Crippen LogP contribution < -0.4 is 0 Å². The molecule has 4 aromatic carbocycles. The van der Waals surface area contributed by atoms with Gasteiger partial charge in [-0.25, -0.2) is 4.98 Å². The van der Waals surface area contributed by atoms with Gasteiger partial charge in [0.1, 0.15) is 5.82 Å². The third-order valence-electron chi connectivity index (χ3n) is 6.41. The summed E-state index contributed by atoms with van der Waals surface area (Å²) >= 11 is 6.99. The second-order valence-corrected chi connectivity index (χ2v) is 10.3. The number of H-pyrrole nitrogens is 1. The SMILES string of the molecule is COSc1ccc(Cl)cc1.O=C(c1ccc2nc(-c3cccc4ccccc34)[nH]c2c1)N1CCCCC1. The van der Waals surface area contributed by atoms with Crippen molar-refractivity contribution in [2.45, 2.75) is 24.2 Å². The lowest BCUT2D eigenvalue weighted by Gasteiger charge is -2.26. The van der Waals surface area contributed by atoms with E-state index in [4.69, 9.17) is 20.8 Å². The first kappa shape index (κ1) is 25.3. The van der Waals surface area contributed by atoms with E-state index >= 15 is 0 Å². The van der Waals surface area contributed by atoms with Crippen molar-refractivity contribution < 1.29 is 8.98 Å². The summed E-state index contributed by atoms with van der Waals surface area (Å²) in [4.78, 5) is 24.0. The van der Waals surface area contributed by atoms with Crippen LogP contribution in [0.15, 0.2) is 89.8 Å². The standard InChI is InChI=1S/C23H21N3O.C7H7ClOS/c27-23(26-13-4-1-5-14-26)17-11-12-20-21(15-17)25-22(24-20)19-10-6-8-16-7-2-3-9-18(16)19;1-9-10-7-4-2-6(8)3-5-7/h2-3,6-12,15H,1,4-5,13-14H2,(H,24,25);2-5H,1H3. The Kier molecular flexibility index (Phi) is 8.09. The van der Waals surface area contributed by atoms with Crippen molar-refractivity contribution in [3.63, 3.8) is 0 Å². The average molecular weight is 530 g/mol. The van der Waals surface area contributed by atoms with Gasteiger partial charge in [0, 0.05) is 46.2 Å². The number of amides is 1. The molecule has 5 nitrogen and oxygen atoms in total. The number of hydrogen-bond acceptors (Lipinski definition) is 4. The van der Waals surface area contributed by atoms with Gasteiger partial charge in [-0.2, -0.15) is 0 Å². The lowest BCUT2D eigenvalue weighted by Crippen LogP contribution is -2.35. The molecule has 1 amide bonds. The molecule has 1 aliphatic rings. The Morgan fingerprint density at radius 2 is 1.70 bits per heavy atom. The molecule has 0 atom stereocenters. The predicted molar refractivity (Wildman–Crippen MR) is 153 cm³/mol. The van der Waals surface area contributed by atoms with Crippen molar-refractivity contribution in [1.82, 2.24) is 14.9 Å². The molecular formula is C30H28ClN3O2S. The quantitative estimate of drug-likeness (QED) is 0.239. The fourth-order valence-electron chi connectivity index (χ4n) is 4.57. The van der Waals surface area contributed by atoms with Crippen molar-refractivity contribution in [2.75, 3.05) is 20.2 Å². The molecule has 0 bridgehead atoms. The molecule has 0 aliphatic carbocycles. The molecule has 1 aromatic heterocycles. The maximum absolute atomic E-state index is 12.8. The number of aromatic nitrogens is 2. The van der Waals surface area contributed by atoms with Crippen molar-refractivity contribution in [1.29, 1.82) is 0 Å². The van der Waals surface area contributed by atoms with E-state index in [1.165, 1.54) is 29.2 Å². The summed E-state index contributed by atoms with van der Waals surface area (Å²) in [6.07, 6.45) is 3.42. The van der Waals surface area contributed by atoms with Crippen LogP contribution in [-0.2, 0) is 4.18 Å². The van der Waals surface area contributed by atoms with Crippen LogP contribution in [0.3, 0.4) is 0 Å². The van der Waals surface area contributed by atoms with Crippen LogP contribution in [0.5, 0.6) is 0 Å². The number of likely N-dealkylation sites (tertiary alicyclic amines) is 1. The molecule has 0 unspecified atom stereocenters. The summed E-state index contributed by atoms with van der Waals surface area (Å²) in [5.41, 5.74) is 3.60. The second-order valence-electron chi connectivity index (χ2n) is 8.90. The number of carbonyl (C=O) groups excluding carboxylic acids is 1. The summed E-state index contributed by atoms with van der Waals surface area (Å²) < 4.78 is 4.84. The van der Waals surface area contributed by atoms with Crippen LogP contribution in [0.1, 0.15) is 29.6 Å². The smallest absolute Gasteiger partial charge is 0.253 e. The van der Waals surface area contributed by atoms with E-state index in [1.54, 1.807) is 7.11 Å². The number of benzene rings is 4. The Bertz CT molecular complexity index is 1510. The molecule has 37 heavy (non-hydrogen) atoms. The van der Waals surface area contributed by atoms with Gasteiger partial charge in [-0.3, -0.25) is 4.79 Å². The van der Waals surface area contributed by atoms with Crippen LogP contribution in [0.4, 0.5) is 0 Å². The topological polar surface area (TPSA) is 58.2 Å². The van der Waals surface area contributed by atoms with Crippen LogP contribution in [0, 0.1) is 0 Å². The van der Waals surface area contributed by atoms with Crippen LogP contribution >= 0.6 is 23.6 Å². The van der Waals surface area contributed by atoms with Crippen LogP contribution in [0.2, 0.25) is 5.02 Å². The number of carbonyl (C=O) groups is 1. The number of halogens is 1. The molecule has 7 heteroatoms. The van der Waals surface area contributed by atoms with Gasteiger partial charge in [0.25, 0.3) is 5.91 Å². The zero-order valence-electron chi connectivity index (χ0n) is 20.6. The Labute approximate surface area is 226 Å². The van der Waals surface area contributed by atoms with E-state index in [2.05, 4.69) is 35.3 Å². The molecule has 1 saturated heterocycles. The van der Waals surface area contributed by atoms with Crippen molar-refractivity contribution >= 4 is 51.4 Å². The van der Waals surface area contributed by atoms with E-state index in [1.807, 2.05) is 59.5 Å². The number of fused-ring (bicyclic) bond motifs is 2. The lowest BCUT2D eigenvalue weighted by atomic mass is 10.0. The molecule has 0 radical (unpaired) electrons. The van der Waals surface area contributed by atoms with E-state index < -0.39 is 0 Å². The summed E-state index contributed by atoms with van der Waals surface area (Å²) in [5, 5.41) is 3.11. The average Bonchev–Trinajstić information content (AvgIpc) is 3.38. The van der Waals surface area contributed by atoms with Crippen molar-refractivity contribution in [3.05, 3.63) is 95.5 Å². The van der Waals surface area contributed by atoms with Gasteiger partial charge >= 0.3 is 0 Å². The second kappa shape index (κ2) is 11.8. The van der Waals surface area contributed by atoms with E-state index in [-0.39, 0.29) is 5.91 Å². The highest BCUT2D eigenvalue weighted by atomic mass is 35.5. The highest BCUT2D eigenvalue weighted by molar-refractivity contribution is 7.94. The Balaban J connectivity index is 0.000000237. The third kappa shape index (κ3) is 5.99. The number of nitrogens with one attached hydrogen (secondary N) is 1. The Morgan fingerprint density at radius 1 is 0.946 bits per heavy atom. The summed E-state index contributed by atoms with van der Waals surface area (Å²) in [7, 11) is 1.64. The fraction of sp³-hybridized carbons (Fsp3) is 0.200. The highest BCUT2D eigenvalue weighted by Gasteiger charge is 2.19. The highest BCUT2D eigenvalue weighted by Crippen LogP contribution is 2.29. The molecule has 1 aliphatic heterocycles. The maximum atomic E-state index is 12.8. The van der Waals surface area contributed by atoms with Gasteiger partial charge in [-0.05, 0) is 72.5 Å². The number of nitrogens with zero attached hydrogens (tertiary/aromatic N) is 2. The van der Waals surface area contributed by atoms with Gasteiger partial charge in [-0.15, -0.1) is 0 Å². The zero-order valence-corrected chi connectivity index (χ0v) is 22.2. The van der Waals surface area contributed by atoms with Gasteiger partial charge in [0.15, 0.2) is 0 Å². The number of aromatic amines is 1. The molecule has 5 aromatic rings. The van der Waals surface area contributed by atoms with E-state index in [0.29, 0.717) is 0 Å². The predicted octanol–water partition coefficient (Wildman–Crippen LogP) is 8.00. The first-order valence-electron chi connectivity index (χ1n) is 12.4. The van der Waals surface area contributed by atoms with Crippen molar-refractivity contribution in [2.24, 2.45) is 0 Å². The summed E-state index contributed by atoms with van der Waals surface area (Å²) in [6.45, 7) is 1.72. The van der Waals surface area contributed by atoms with Gasteiger partial charge in [-0.1, -0.05) is 54.1 Å². The zero-order chi connectivity index (χ0) is 25.6. The van der Waals surface area contributed by atoms with Crippen LogP contribution in [0.25, 0.3) is 33.2 Å². The minimum atomic E-state index is 0.123. The minimum Gasteiger partial charge on any atom is -0.339 e. The normalized spacial score (nSPS) is 13.4. The number of hydrogen-bond donors (Lipinski definition) is 1. The molecule has 6 rings (SSSR count). The van der Waals surface area contributed by atoms with E-state index in [0.717, 1.165) is 63.8 Å². The van der Waals surface area contributed by atoms with Gasteiger partial charge < -0.3 is 14.1 Å². The first-order valence-corrected chi connectivity index (χ1v) is 13.5. The Morgan fingerprint density at radius 3 is 2.49 bits per heavy atom. The maximum Gasteiger partial charge on any atom is 0.253 e.